The van der Waals surface area contributed by atoms with Crippen LogP contribution in [-0.2, 0) is 19.5 Å². The summed E-state index contributed by atoms with van der Waals surface area (Å²) in [5.74, 6) is -0.462. The summed E-state index contributed by atoms with van der Waals surface area (Å²) >= 11 is 0. The number of benzene rings is 1. The summed E-state index contributed by atoms with van der Waals surface area (Å²) < 4.78 is 21.5. The Kier molecular flexibility index (Phi) is 4.24. The number of hydrogen-bond acceptors (Lipinski definition) is 6. The van der Waals surface area contributed by atoms with Gasteiger partial charge >= 0.3 is 11.8 Å². The summed E-state index contributed by atoms with van der Waals surface area (Å²) in [4.78, 5) is 21.1. The van der Waals surface area contributed by atoms with E-state index in [0.717, 1.165) is 30.8 Å². The quantitative estimate of drug-likeness (QED) is 0.499. The van der Waals surface area contributed by atoms with E-state index < -0.39 is 4.92 Å². The molecule has 0 fully saturated rings. The monoisotopic (exact) mass is 395 g/mol. The molecule has 0 radical (unpaired) electrons. The van der Waals surface area contributed by atoms with Crippen molar-refractivity contribution in [1.29, 1.82) is 0 Å². The second-order valence-electron chi connectivity index (χ2n) is 7.30. The van der Waals surface area contributed by atoms with Gasteiger partial charge in [-0.1, -0.05) is 18.2 Å². The molecule has 2 aliphatic heterocycles. The number of ether oxygens (including phenoxy) is 1. The molecule has 1 atom stereocenters. The molecular formula is C20H18FN5O3. The first kappa shape index (κ1) is 17.7. The number of halogens is 1. The van der Waals surface area contributed by atoms with Gasteiger partial charge < -0.3 is 14.9 Å². The zero-order valence-corrected chi connectivity index (χ0v) is 15.5. The van der Waals surface area contributed by atoms with Crippen LogP contribution in [0.3, 0.4) is 0 Å². The van der Waals surface area contributed by atoms with Crippen LogP contribution in [0.5, 0.6) is 6.01 Å². The molecule has 1 aromatic carbocycles. The van der Waals surface area contributed by atoms with Gasteiger partial charge in [-0.2, -0.15) is 0 Å². The van der Waals surface area contributed by atoms with Crippen molar-refractivity contribution < 1.29 is 14.1 Å². The fourth-order valence-corrected chi connectivity index (χ4v) is 3.94. The maximum atomic E-state index is 14.0. The van der Waals surface area contributed by atoms with Crippen LogP contribution in [0, 0.1) is 15.9 Å². The maximum absolute atomic E-state index is 14.0. The molecule has 0 unspecified atom stereocenters. The van der Waals surface area contributed by atoms with E-state index in [1.807, 2.05) is 18.2 Å². The van der Waals surface area contributed by atoms with E-state index in [-0.39, 0.29) is 17.7 Å². The van der Waals surface area contributed by atoms with Crippen molar-refractivity contribution in [2.24, 2.45) is 0 Å². The van der Waals surface area contributed by atoms with Crippen LogP contribution in [0.25, 0.3) is 11.3 Å². The Balaban J connectivity index is 1.25. The maximum Gasteiger partial charge on any atom is 0.414 e. The highest BCUT2D eigenvalue weighted by Crippen LogP contribution is 2.28. The van der Waals surface area contributed by atoms with Crippen molar-refractivity contribution in [2.75, 3.05) is 13.1 Å². The van der Waals surface area contributed by atoms with Crippen molar-refractivity contribution in [2.45, 2.75) is 25.6 Å². The normalized spacial score (nSPS) is 18.2. The Morgan fingerprint density at radius 1 is 1.24 bits per heavy atom. The molecule has 0 amide bonds. The lowest BCUT2D eigenvalue weighted by molar-refractivity contribution is -0.389. The number of imidazole rings is 1. The largest absolute Gasteiger partial charge is 0.439 e. The van der Waals surface area contributed by atoms with Crippen molar-refractivity contribution in [3.05, 3.63) is 69.8 Å². The smallest absolute Gasteiger partial charge is 0.414 e. The second-order valence-corrected chi connectivity index (χ2v) is 7.30. The molecule has 0 saturated heterocycles. The van der Waals surface area contributed by atoms with Crippen LogP contribution < -0.4 is 4.74 Å². The Morgan fingerprint density at radius 3 is 2.90 bits per heavy atom. The summed E-state index contributed by atoms with van der Waals surface area (Å²) in [6, 6.07) is 10.8. The minimum atomic E-state index is -0.520. The van der Waals surface area contributed by atoms with Gasteiger partial charge in [0.05, 0.1) is 12.2 Å². The Morgan fingerprint density at radius 2 is 2.10 bits per heavy atom. The summed E-state index contributed by atoms with van der Waals surface area (Å²) in [5.41, 5.74) is 3.29. The lowest BCUT2D eigenvalue weighted by Gasteiger charge is -2.29. The third kappa shape index (κ3) is 3.33. The fourth-order valence-electron chi connectivity index (χ4n) is 3.94. The summed E-state index contributed by atoms with van der Waals surface area (Å²) in [6.07, 6.45) is 2.10. The molecule has 2 aromatic heterocycles. The zero-order valence-electron chi connectivity index (χ0n) is 15.5. The average Bonchev–Trinajstić information content (AvgIpc) is 3.27. The first-order valence-electron chi connectivity index (χ1n) is 9.41. The fraction of sp³-hybridized carbons (Fsp3) is 0.300. The molecule has 8 nitrogen and oxygen atoms in total. The van der Waals surface area contributed by atoms with Crippen LogP contribution in [0.15, 0.2) is 42.6 Å². The number of aromatic nitrogens is 3. The predicted octanol–water partition coefficient (Wildman–Crippen LogP) is 2.81. The van der Waals surface area contributed by atoms with Crippen LogP contribution in [-0.4, -0.2) is 43.6 Å². The average molecular weight is 395 g/mol. The van der Waals surface area contributed by atoms with E-state index >= 15 is 0 Å². The summed E-state index contributed by atoms with van der Waals surface area (Å²) in [7, 11) is 0. The van der Waals surface area contributed by atoms with Crippen LogP contribution in [0.2, 0.25) is 0 Å². The van der Waals surface area contributed by atoms with Gasteiger partial charge in [0.15, 0.2) is 0 Å². The van der Waals surface area contributed by atoms with Crippen LogP contribution in [0.4, 0.5) is 10.2 Å². The molecule has 29 heavy (non-hydrogen) atoms. The number of hydrogen-bond donors (Lipinski definition) is 0. The van der Waals surface area contributed by atoms with Gasteiger partial charge in [-0.15, -0.1) is 0 Å². The molecular weight excluding hydrogens is 377 g/mol. The highest BCUT2D eigenvalue weighted by atomic mass is 19.1. The molecule has 9 heteroatoms. The van der Waals surface area contributed by atoms with Crippen molar-refractivity contribution in [1.82, 2.24) is 19.4 Å². The topological polar surface area (TPSA) is 86.3 Å². The van der Waals surface area contributed by atoms with Crippen molar-refractivity contribution in [3.63, 3.8) is 0 Å². The van der Waals surface area contributed by atoms with Crippen LogP contribution >= 0.6 is 0 Å². The van der Waals surface area contributed by atoms with E-state index in [0.29, 0.717) is 30.4 Å². The second kappa shape index (κ2) is 6.93. The molecule has 0 N–H and O–H groups in total. The molecule has 0 aliphatic carbocycles. The number of rotatable bonds is 4. The lowest BCUT2D eigenvalue weighted by Crippen LogP contribution is -2.39. The van der Waals surface area contributed by atoms with Gasteiger partial charge in [-0.25, -0.2) is 4.39 Å². The first-order chi connectivity index (χ1) is 14.1. The van der Waals surface area contributed by atoms with Gasteiger partial charge in [0.2, 0.25) is 0 Å². The third-order valence-corrected chi connectivity index (χ3v) is 5.33. The van der Waals surface area contributed by atoms with Gasteiger partial charge in [-0.3, -0.25) is 14.5 Å². The minimum Gasteiger partial charge on any atom is -0.439 e. The SMILES string of the molecule is O=[N+]([O-])c1cn2c(n1)O[C@@H](CN1CCc3nc(-c4ccccc4F)ccc3C1)C2. The predicted molar refractivity (Wildman–Crippen MR) is 102 cm³/mol. The molecule has 3 aromatic rings. The summed E-state index contributed by atoms with van der Waals surface area (Å²) in [5, 5.41) is 10.8. The summed E-state index contributed by atoms with van der Waals surface area (Å²) in [6.45, 7) is 2.81. The molecule has 2 aliphatic rings. The standard InChI is InChI=1S/C20H18FN5O3/c21-16-4-2-1-3-15(16)18-6-5-13-9-24(8-7-17(13)22-18)10-14-11-25-12-19(26(27)28)23-20(25)29-14/h1-6,12,14H,7-11H2/t14-/m0/s1. The third-order valence-electron chi connectivity index (χ3n) is 5.33. The molecule has 148 valence electrons. The molecule has 0 saturated carbocycles. The van der Waals surface area contributed by atoms with E-state index in [1.54, 1.807) is 16.7 Å². The van der Waals surface area contributed by atoms with E-state index in [2.05, 4.69) is 14.9 Å². The van der Waals surface area contributed by atoms with Crippen LogP contribution in [0.1, 0.15) is 11.3 Å². The minimum absolute atomic E-state index is 0.0921. The number of pyridine rings is 1. The Labute approximate surface area is 165 Å². The van der Waals surface area contributed by atoms with Gasteiger partial charge in [0.25, 0.3) is 0 Å². The Bertz CT molecular complexity index is 1080. The number of fused-ring (bicyclic) bond motifs is 2. The van der Waals surface area contributed by atoms with Crippen molar-refractivity contribution >= 4 is 5.82 Å². The van der Waals surface area contributed by atoms with E-state index in [9.17, 15) is 14.5 Å². The Hall–Kier alpha value is -3.33. The zero-order chi connectivity index (χ0) is 20.0. The lowest BCUT2D eigenvalue weighted by atomic mass is 10.0. The first-order valence-corrected chi connectivity index (χ1v) is 9.41. The van der Waals surface area contributed by atoms with Gasteiger partial charge in [0.1, 0.15) is 18.1 Å². The van der Waals surface area contributed by atoms with E-state index in [1.165, 1.54) is 12.3 Å². The van der Waals surface area contributed by atoms with E-state index in [4.69, 9.17) is 4.74 Å². The highest BCUT2D eigenvalue weighted by molar-refractivity contribution is 5.60. The molecule has 0 spiro atoms. The van der Waals surface area contributed by atoms with Gasteiger partial charge in [-0.05, 0) is 28.7 Å². The molecule has 4 heterocycles. The van der Waals surface area contributed by atoms with Gasteiger partial charge in [0, 0.05) is 42.3 Å². The number of nitrogens with zero attached hydrogens (tertiary/aromatic N) is 5. The molecule has 0 bridgehead atoms. The molecule has 5 rings (SSSR count). The van der Waals surface area contributed by atoms with Crippen molar-refractivity contribution in [3.8, 4) is 17.3 Å². The number of nitro groups is 1. The highest BCUT2D eigenvalue weighted by Gasteiger charge is 2.33.